The molecule has 0 radical (unpaired) electrons. The Labute approximate surface area is 200 Å². The highest BCUT2D eigenvalue weighted by Gasteiger charge is 2.19. The van der Waals surface area contributed by atoms with Gasteiger partial charge in [-0.3, -0.25) is 14.2 Å². The van der Waals surface area contributed by atoms with Crippen LogP contribution in [0.5, 0.6) is 0 Å². The van der Waals surface area contributed by atoms with Gasteiger partial charge in [0, 0.05) is 25.0 Å². The van der Waals surface area contributed by atoms with Crippen LogP contribution in [0.1, 0.15) is 47.7 Å². The average Bonchev–Trinajstić information content (AvgIpc) is 3.21. The van der Waals surface area contributed by atoms with Gasteiger partial charge in [-0.25, -0.2) is 8.42 Å². The summed E-state index contributed by atoms with van der Waals surface area (Å²) in [6.45, 7) is 5.17. The van der Waals surface area contributed by atoms with Crippen LogP contribution < -0.4 is 10.0 Å². The van der Waals surface area contributed by atoms with E-state index in [0.717, 1.165) is 30.4 Å². The number of aryl methyl sites for hydroxylation is 3. The lowest BCUT2D eigenvalue weighted by molar-refractivity contribution is 0.0952. The van der Waals surface area contributed by atoms with Crippen LogP contribution in [0.25, 0.3) is 0 Å². The van der Waals surface area contributed by atoms with Crippen LogP contribution in [0.4, 0.5) is 5.69 Å². The summed E-state index contributed by atoms with van der Waals surface area (Å²) in [4.78, 5) is 12.6. The topological polar surface area (TPSA) is 93.1 Å². The first-order valence-electron chi connectivity index (χ1n) is 11.0. The molecule has 0 saturated heterocycles. The van der Waals surface area contributed by atoms with E-state index in [-0.39, 0.29) is 15.5 Å². The lowest BCUT2D eigenvalue weighted by Gasteiger charge is -2.12. The molecule has 0 aliphatic rings. The van der Waals surface area contributed by atoms with Crippen molar-refractivity contribution < 1.29 is 13.2 Å². The van der Waals surface area contributed by atoms with E-state index in [1.165, 1.54) is 18.2 Å². The maximum atomic E-state index is 12.9. The van der Waals surface area contributed by atoms with E-state index >= 15 is 0 Å². The predicted molar refractivity (Wildman–Crippen MR) is 131 cm³/mol. The number of carbonyl (C=O) groups excluding carboxylic acids is 1. The Balaban J connectivity index is 1.63. The van der Waals surface area contributed by atoms with Gasteiger partial charge < -0.3 is 5.32 Å². The highest BCUT2D eigenvalue weighted by molar-refractivity contribution is 7.92. The maximum Gasteiger partial charge on any atom is 0.261 e. The number of aromatic nitrogens is 2. The second-order valence-corrected chi connectivity index (χ2v) is 10.0. The van der Waals surface area contributed by atoms with Crippen molar-refractivity contribution in [3.63, 3.8) is 0 Å². The smallest absolute Gasteiger partial charge is 0.261 e. The standard InChI is InChI=1S/C24H29ClN4O3S/c1-3-4-6-19-7-9-20(10-8-19)28-33(31,32)21-11-12-23(25)22(15-21)24(30)26-13-5-14-29-17-18(2)16-27-29/h7-12,15-17,28H,3-6,13-14H2,1-2H3,(H,26,30). The van der Waals surface area contributed by atoms with Crippen LogP contribution >= 0.6 is 11.6 Å². The molecule has 3 aromatic rings. The van der Waals surface area contributed by atoms with Crippen LogP contribution in [0, 0.1) is 6.92 Å². The molecule has 176 valence electrons. The minimum atomic E-state index is -3.88. The molecule has 0 aliphatic heterocycles. The molecular weight excluding hydrogens is 460 g/mol. The fraction of sp³-hybridized carbons (Fsp3) is 0.333. The van der Waals surface area contributed by atoms with E-state index < -0.39 is 15.9 Å². The van der Waals surface area contributed by atoms with Gasteiger partial charge in [0.25, 0.3) is 15.9 Å². The van der Waals surface area contributed by atoms with Gasteiger partial charge in [0.05, 0.1) is 21.7 Å². The molecular formula is C24H29ClN4O3S. The van der Waals surface area contributed by atoms with Crippen molar-refractivity contribution in [3.8, 4) is 0 Å². The minimum Gasteiger partial charge on any atom is -0.352 e. The number of nitrogens with zero attached hydrogens (tertiary/aromatic N) is 2. The zero-order chi connectivity index (χ0) is 23.8. The Morgan fingerprint density at radius 2 is 1.88 bits per heavy atom. The number of benzene rings is 2. The Morgan fingerprint density at radius 3 is 2.55 bits per heavy atom. The number of nitrogens with one attached hydrogen (secondary N) is 2. The molecule has 0 saturated carbocycles. The third-order valence-corrected chi connectivity index (χ3v) is 6.84. The summed E-state index contributed by atoms with van der Waals surface area (Å²) < 4.78 is 30.1. The molecule has 0 unspecified atom stereocenters. The number of amides is 1. The summed E-state index contributed by atoms with van der Waals surface area (Å²) in [5.74, 6) is -0.422. The van der Waals surface area contributed by atoms with Crippen LogP contribution in [0.2, 0.25) is 5.02 Å². The third kappa shape index (κ3) is 7.07. The lowest BCUT2D eigenvalue weighted by Crippen LogP contribution is -2.26. The van der Waals surface area contributed by atoms with Gasteiger partial charge in [0.15, 0.2) is 0 Å². The van der Waals surface area contributed by atoms with Gasteiger partial charge >= 0.3 is 0 Å². The molecule has 0 aliphatic carbocycles. The maximum absolute atomic E-state index is 12.9. The lowest BCUT2D eigenvalue weighted by atomic mass is 10.1. The number of sulfonamides is 1. The van der Waals surface area contributed by atoms with E-state index in [1.807, 2.05) is 29.9 Å². The van der Waals surface area contributed by atoms with Crippen LogP contribution in [-0.2, 0) is 23.0 Å². The summed E-state index contributed by atoms with van der Waals surface area (Å²) in [5.41, 5.74) is 2.81. The third-order valence-electron chi connectivity index (χ3n) is 5.13. The molecule has 2 N–H and O–H groups in total. The number of halogens is 1. The normalized spacial score (nSPS) is 11.4. The molecule has 7 nitrogen and oxygen atoms in total. The minimum absolute atomic E-state index is 0.0286. The van der Waals surface area contributed by atoms with E-state index in [4.69, 9.17) is 11.6 Å². The molecule has 0 spiro atoms. The van der Waals surface area contributed by atoms with Gasteiger partial charge in [-0.2, -0.15) is 5.10 Å². The Kier molecular flexibility index (Phi) is 8.52. The first-order valence-corrected chi connectivity index (χ1v) is 12.8. The highest BCUT2D eigenvalue weighted by Crippen LogP contribution is 2.23. The monoisotopic (exact) mass is 488 g/mol. The zero-order valence-electron chi connectivity index (χ0n) is 18.8. The van der Waals surface area contributed by atoms with Gasteiger partial charge in [-0.15, -0.1) is 0 Å². The fourth-order valence-corrected chi connectivity index (χ4v) is 4.60. The fourth-order valence-electron chi connectivity index (χ4n) is 3.31. The van der Waals surface area contributed by atoms with Crippen LogP contribution in [0.15, 0.2) is 59.8 Å². The first-order chi connectivity index (χ1) is 15.8. The molecule has 0 atom stereocenters. The molecule has 2 aromatic carbocycles. The summed E-state index contributed by atoms with van der Waals surface area (Å²) >= 11 is 6.18. The zero-order valence-corrected chi connectivity index (χ0v) is 20.4. The van der Waals surface area contributed by atoms with E-state index in [9.17, 15) is 13.2 Å². The Bertz CT molecular complexity index is 1190. The number of carbonyl (C=O) groups is 1. The van der Waals surface area contributed by atoms with Crippen molar-refractivity contribution in [2.45, 2.75) is 51.0 Å². The molecule has 0 bridgehead atoms. The highest BCUT2D eigenvalue weighted by atomic mass is 35.5. The second-order valence-electron chi connectivity index (χ2n) is 7.94. The van der Waals surface area contributed by atoms with Gasteiger partial charge in [0.2, 0.25) is 0 Å². The van der Waals surface area contributed by atoms with Crippen LogP contribution in [0.3, 0.4) is 0 Å². The molecule has 0 fully saturated rings. The summed E-state index contributed by atoms with van der Waals surface area (Å²) in [6, 6.07) is 11.4. The Morgan fingerprint density at radius 1 is 1.12 bits per heavy atom. The summed E-state index contributed by atoms with van der Waals surface area (Å²) in [5, 5.41) is 7.18. The SMILES string of the molecule is CCCCc1ccc(NS(=O)(=O)c2ccc(Cl)c(C(=O)NCCCn3cc(C)cn3)c2)cc1. The first kappa shape index (κ1) is 24.8. The van der Waals surface area contributed by atoms with Crippen molar-refractivity contribution in [1.82, 2.24) is 15.1 Å². The number of unbranched alkanes of at least 4 members (excludes halogenated alkanes) is 1. The molecule has 3 rings (SSSR count). The summed E-state index contributed by atoms with van der Waals surface area (Å²) in [7, 11) is -3.88. The molecule has 1 amide bonds. The number of rotatable bonds is 11. The number of anilines is 1. The largest absolute Gasteiger partial charge is 0.352 e. The van der Waals surface area contributed by atoms with Crippen molar-refractivity contribution in [2.24, 2.45) is 0 Å². The van der Waals surface area contributed by atoms with Crippen molar-refractivity contribution in [1.29, 1.82) is 0 Å². The molecule has 9 heteroatoms. The van der Waals surface area contributed by atoms with Crippen LogP contribution in [-0.4, -0.2) is 30.7 Å². The van der Waals surface area contributed by atoms with Gasteiger partial charge in [-0.1, -0.05) is 37.1 Å². The van der Waals surface area contributed by atoms with Crippen molar-refractivity contribution in [2.75, 3.05) is 11.3 Å². The average molecular weight is 489 g/mol. The summed E-state index contributed by atoms with van der Waals surface area (Å²) in [6.07, 6.45) is 7.53. The molecule has 33 heavy (non-hydrogen) atoms. The number of hydrogen-bond acceptors (Lipinski definition) is 4. The van der Waals surface area contributed by atoms with E-state index in [1.54, 1.807) is 18.3 Å². The van der Waals surface area contributed by atoms with Gasteiger partial charge in [0.1, 0.15) is 0 Å². The molecule has 1 heterocycles. The number of hydrogen-bond donors (Lipinski definition) is 2. The van der Waals surface area contributed by atoms with Crippen molar-refractivity contribution in [3.05, 3.63) is 76.6 Å². The Hall–Kier alpha value is -2.84. The van der Waals surface area contributed by atoms with Crippen molar-refractivity contribution >= 4 is 33.2 Å². The predicted octanol–water partition coefficient (Wildman–Crippen LogP) is 4.81. The van der Waals surface area contributed by atoms with Gasteiger partial charge in [-0.05, 0) is 67.6 Å². The van der Waals surface area contributed by atoms with E-state index in [0.29, 0.717) is 25.2 Å². The molecule has 1 aromatic heterocycles. The quantitative estimate of drug-likeness (QED) is 0.379. The second kappa shape index (κ2) is 11.3. The van der Waals surface area contributed by atoms with E-state index in [2.05, 4.69) is 22.1 Å².